The van der Waals surface area contributed by atoms with Crippen LogP contribution in [-0.4, -0.2) is 10.1 Å². The van der Waals surface area contributed by atoms with E-state index in [1.807, 2.05) is 65.6 Å². The van der Waals surface area contributed by atoms with E-state index in [9.17, 15) is 4.39 Å². The first-order chi connectivity index (χ1) is 15.6. The quantitative estimate of drug-likeness (QED) is 0.345. The minimum absolute atomic E-state index is 0.213. The van der Waals surface area contributed by atoms with Crippen LogP contribution in [0.3, 0.4) is 0 Å². The number of nitrogens with one attached hydrogen (secondary N) is 1. The molecule has 1 N–H and O–H groups in total. The molecule has 4 nitrogen and oxygen atoms in total. The lowest BCUT2D eigenvalue weighted by Gasteiger charge is -2.26. The van der Waals surface area contributed by atoms with Gasteiger partial charge in [0.15, 0.2) is 10.2 Å². The average Bonchev–Trinajstić information content (AvgIpc) is 3.41. The monoisotopic (exact) mass is 461 g/mol. The Hall–Kier alpha value is -3.16. The molecule has 160 valence electrons. The summed E-state index contributed by atoms with van der Waals surface area (Å²) < 4.78 is 20.3. The maximum absolute atomic E-state index is 14.0. The predicted octanol–water partition coefficient (Wildman–Crippen LogP) is 6.45. The molecule has 7 heteroatoms. The fraction of sp³-hybridized carbons (Fsp3) is 0.120. The zero-order chi connectivity index (χ0) is 22.1. The Kier molecular flexibility index (Phi) is 5.68. The van der Waals surface area contributed by atoms with Gasteiger partial charge >= 0.3 is 0 Å². The van der Waals surface area contributed by atoms with Crippen LogP contribution in [0.2, 0.25) is 0 Å². The van der Waals surface area contributed by atoms with E-state index in [1.54, 1.807) is 37.0 Å². The molecule has 1 fully saturated rings. The Balaban J connectivity index is 1.55. The molecule has 0 unspecified atom stereocenters. The molecule has 1 aliphatic rings. The first kappa shape index (κ1) is 20.7. The molecule has 0 saturated carbocycles. The van der Waals surface area contributed by atoms with Gasteiger partial charge in [0, 0.05) is 16.8 Å². The van der Waals surface area contributed by atoms with Crippen molar-refractivity contribution < 1.29 is 8.81 Å². The largest absolute Gasteiger partial charge is 0.452 e. The number of halogens is 1. The van der Waals surface area contributed by atoms with Crippen LogP contribution in [0, 0.1) is 12.7 Å². The van der Waals surface area contributed by atoms with Gasteiger partial charge in [0.05, 0.1) is 11.7 Å². The number of anilines is 1. The van der Waals surface area contributed by atoms with Gasteiger partial charge in [-0.1, -0.05) is 36.0 Å². The van der Waals surface area contributed by atoms with E-state index in [0.717, 1.165) is 27.1 Å². The number of rotatable bonds is 5. The number of benzene rings is 2. The van der Waals surface area contributed by atoms with Crippen LogP contribution in [0.4, 0.5) is 10.1 Å². The third kappa shape index (κ3) is 4.01. The average molecular weight is 462 g/mol. The molecule has 0 spiro atoms. The highest BCUT2D eigenvalue weighted by Crippen LogP contribution is 2.43. The smallest absolute Gasteiger partial charge is 0.174 e. The van der Waals surface area contributed by atoms with Gasteiger partial charge in [-0.05, 0) is 79.3 Å². The Morgan fingerprint density at radius 1 is 1.03 bits per heavy atom. The minimum atomic E-state index is -0.271. The van der Waals surface area contributed by atoms with Crippen LogP contribution in [0.5, 0.6) is 0 Å². The summed E-state index contributed by atoms with van der Waals surface area (Å²) in [5.41, 5.74) is 2.22. The van der Waals surface area contributed by atoms with E-state index in [-0.39, 0.29) is 17.9 Å². The second-order valence-corrected chi connectivity index (χ2v) is 8.97. The van der Waals surface area contributed by atoms with Gasteiger partial charge in [0.25, 0.3) is 0 Å². The van der Waals surface area contributed by atoms with Gasteiger partial charge in [-0.2, -0.15) is 0 Å². The second-order valence-electron chi connectivity index (χ2n) is 7.50. The molecule has 32 heavy (non-hydrogen) atoms. The molecule has 1 saturated heterocycles. The molecule has 0 bridgehead atoms. The molecule has 0 amide bonds. The molecular weight excluding hydrogens is 441 g/mol. The van der Waals surface area contributed by atoms with Crippen molar-refractivity contribution in [2.45, 2.75) is 29.0 Å². The zero-order valence-electron chi connectivity index (χ0n) is 17.2. The zero-order valence-corrected chi connectivity index (χ0v) is 18.9. The summed E-state index contributed by atoms with van der Waals surface area (Å²) in [6, 6.07) is 24.4. The highest BCUT2D eigenvalue weighted by atomic mass is 32.2. The second kappa shape index (κ2) is 8.76. The molecule has 0 radical (unpaired) electrons. The standard InChI is InChI=1S/C25H20FN3OS2/c1-16-15-17(10-11-19(16)26)29-24(23(28-25(29)31)20-9-5-6-14-27-20)21-12-13-22(30-21)32-18-7-3-2-4-8-18/h2-15,23-24H,1H3,(H,28,31)/t23-,24+/m1/s1. The fourth-order valence-electron chi connectivity index (χ4n) is 3.85. The van der Waals surface area contributed by atoms with Crippen molar-refractivity contribution >= 4 is 34.8 Å². The maximum atomic E-state index is 14.0. The number of thiocarbonyl (C=S) groups is 1. The van der Waals surface area contributed by atoms with Crippen LogP contribution in [0.15, 0.2) is 99.5 Å². The van der Waals surface area contributed by atoms with Gasteiger partial charge in [-0.25, -0.2) is 4.39 Å². The normalized spacial score (nSPS) is 18.1. The summed E-state index contributed by atoms with van der Waals surface area (Å²) in [5.74, 6) is 0.512. The van der Waals surface area contributed by atoms with Crippen molar-refractivity contribution in [3.63, 3.8) is 0 Å². The Bertz CT molecular complexity index is 1250. The van der Waals surface area contributed by atoms with Crippen LogP contribution >= 0.6 is 24.0 Å². The first-order valence-electron chi connectivity index (χ1n) is 10.2. The summed E-state index contributed by atoms with van der Waals surface area (Å²) in [4.78, 5) is 7.63. The van der Waals surface area contributed by atoms with E-state index in [4.69, 9.17) is 16.6 Å². The van der Waals surface area contributed by atoms with Crippen LogP contribution in [0.25, 0.3) is 0 Å². The third-order valence-corrected chi connectivity index (χ3v) is 6.62. The highest BCUT2D eigenvalue weighted by Gasteiger charge is 2.42. The number of aromatic nitrogens is 1. The third-order valence-electron chi connectivity index (χ3n) is 5.37. The molecule has 2 aromatic heterocycles. The van der Waals surface area contributed by atoms with Crippen molar-refractivity contribution in [3.05, 3.63) is 108 Å². The van der Waals surface area contributed by atoms with Crippen molar-refractivity contribution in [1.82, 2.24) is 10.3 Å². The van der Waals surface area contributed by atoms with Crippen molar-refractivity contribution in [2.24, 2.45) is 0 Å². The lowest BCUT2D eigenvalue weighted by atomic mass is 10.0. The summed E-state index contributed by atoms with van der Waals surface area (Å²) in [5, 5.41) is 4.73. The van der Waals surface area contributed by atoms with E-state index in [2.05, 4.69) is 10.3 Å². The molecule has 1 aliphatic heterocycles. The minimum Gasteiger partial charge on any atom is -0.452 e. The number of nitrogens with zero attached hydrogens (tertiary/aromatic N) is 2. The highest BCUT2D eigenvalue weighted by molar-refractivity contribution is 7.99. The number of aryl methyl sites for hydroxylation is 1. The maximum Gasteiger partial charge on any atom is 0.174 e. The summed E-state index contributed by atoms with van der Waals surface area (Å²) in [6.45, 7) is 1.75. The SMILES string of the molecule is Cc1cc(N2C(=S)N[C@H](c3ccccn3)[C@@H]2c2ccc(Sc3ccccc3)o2)ccc1F. The van der Waals surface area contributed by atoms with Crippen LogP contribution < -0.4 is 10.2 Å². The molecule has 3 heterocycles. The van der Waals surface area contributed by atoms with Gasteiger partial charge < -0.3 is 14.6 Å². The molecule has 2 atom stereocenters. The van der Waals surface area contributed by atoms with Gasteiger partial charge in [-0.15, -0.1) is 0 Å². The van der Waals surface area contributed by atoms with Gasteiger partial charge in [0.1, 0.15) is 17.6 Å². The van der Waals surface area contributed by atoms with E-state index in [1.165, 1.54) is 6.07 Å². The van der Waals surface area contributed by atoms with Gasteiger partial charge in [-0.3, -0.25) is 4.98 Å². The molecule has 0 aliphatic carbocycles. The first-order valence-corrected chi connectivity index (χ1v) is 11.4. The Morgan fingerprint density at radius 3 is 2.59 bits per heavy atom. The Morgan fingerprint density at radius 2 is 1.84 bits per heavy atom. The van der Waals surface area contributed by atoms with Crippen LogP contribution in [-0.2, 0) is 0 Å². The van der Waals surface area contributed by atoms with Crippen molar-refractivity contribution in [3.8, 4) is 0 Å². The Labute approximate surface area is 195 Å². The van der Waals surface area contributed by atoms with E-state index in [0.29, 0.717) is 10.7 Å². The van der Waals surface area contributed by atoms with E-state index < -0.39 is 0 Å². The lowest BCUT2D eigenvalue weighted by molar-refractivity contribution is 0.383. The summed E-state index contributed by atoms with van der Waals surface area (Å²) in [7, 11) is 0. The summed E-state index contributed by atoms with van der Waals surface area (Å²) >= 11 is 7.27. The van der Waals surface area contributed by atoms with Crippen LogP contribution in [0.1, 0.15) is 29.1 Å². The number of pyridine rings is 1. The predicted molar refractivity (Wildman–Crippen MR) is 128 cm³/mol. The van der Waals surface area contributed by atoms with Gasteiger partial charge in [0.2, 0.25) is 0 Å². The molecule has 2 aromatic carbocycles. The molecular formula is C25H20FN3OS2. The molecule has 4 aromatic rings. The number of hydrogen-bond acceptors (Lipinski definition) is 4. The number of hydrogen-bond donors (Lipinski definition) is 1. The van der Waals surface area contributed by atoms with Crippen molar-refractivity contribution in [2.75, 3.05) is 4.90 Å². The van der Waals surface area contributed by atoms with Crippen molar-refractivity contribution in [1.29, 1.82) is 0 Å². The topological polar surface area (TPSA) is 41.3 Å². The lowest BCUT2D eigenvalue weighted by Crippen LogP contribution is -2.29. The van der Waals surface area contributed by atoms with E-state index >= 15 is 0 Å². The molecule has 5 rings (SSSR count). The summed E-state index contributed by atoms with van der Waals surface area (Å²) in [6.07, 6.45) is 1.76. The fourth-order valence-corrected chi connectivity index (χ4v) is 5.00. The number of furan rings is 1.